The normalized spacial score (nSPS) is 10.0. The topological polar surface area (TPSA) is 71.2 Å². The summed E-state index contributed by atoms with van der Waals surface area (Å²) in [5.41, 5.74) is 5.67. The maximum absolute atomic E-state index is 11.0. The van der Waals surface area contributed by atoms with Gasteiger partial charge in [-0.3, -0.25) is 4.79 Å². The molecule has 3 N–H and O–H groups in total. The number of likely N-dealkylation sites (N-methyl/N-ethyl adjacent to an activating group) is 2. The van der Waals surface area contributed by atoms with Gasteiger partial charge in [0.25, 0.3) is 0 Å². The van der Waals surface area contributed by atoms with Gasteiger partial charge in [0.2, 0.25) is 5.91 Å². The van der Waals surface area contributed by atoms with E-state index >= 15 is 0 Å². The van der Waals surface area contributed by atoms with Crippen molar-refractivity contribution < 1.29 is 4.79 Å². The molecule has 0 spiro atoms. The highest BCUT2D eigenvalue weighted by atomic mass is 16.1. The first-order valence-corrected chi connectivity index (χ1v) is 4.76. The average molecular weight is 208 g/mol. The summed E-state index contributed by atoms with van der Waals surface area (Å²) in [5.74, 6) is 0.321. The molecule has 0 bridgehead atoms. The van der Waals surface area contributed by atoms with Gasteiger partial charge in [0, 0.05) is 31.9 Å². The minimum atomic E-state index is -0.430. The number of nitrogens with zero attached hydrogens (tertiary/aromatic N) is 2. The molecule has 1 amide bonds. The van der Waals surface area contributed by atoms with Crippen LogP contribution >= 0.6 is 0 Å². The zero-order valence-electron chi connectivity index (χ0n) is 9.03. The van der Waals surface area contributed by atoms with Gasteiger partial charge in [-0.2, -0.15) is 0 Å². The van der Waals surface area contributed by atoms with Gasteiger partial charge in [-0.25, -0.2) is 4.98 Å². The van der Waals surface area contributed by atoms with Crippen LogP contribution in [0.15, 0.2) is 18.3 Å². The van der Waals surface area contributed by atoms with Crippen molar-refractivity contribution in [1.29, 1.82) is 0 Å². The second kappa shape index (κ2) is 5.31. The van der Waals surface area contributed by atoms with E-state index in [9.17, 15) is 4.79 Å². The summed E-state index contributed by atoms with van der Waals surface area (Å²) in [6.45, 7) is 1.69. The minimum Gasteiger partial charge on any atom is -0.366 e. The predicted molar refractivity (Wildman–Crippen MR) is 60.0 cm³/mol. The quantitative estimate of drug-likeness (QED) is 0.705. The number of hydrogen-bond donors (Lipinski definition) is 2. The molecule has 1 rings (SSSR count). The highest BCUT2D eigenvalue weighted by Crippen LogP contribution is 2.09. The number of carbonyl (C=O) groups excluding carboxylic acids is 1. The van der Waals surface area contributed by atoms with E-state index in [1.54, 1.807) is 18.3 Å². The van der Waals surface area contributed by atoms with E-state index in [4.69, 9.17) is 5.73 Å². The second-order valence-corrected chi connectivity index (χ2v) is 3.29. The first-order chi connectivity index (χ1) is 7.15. The van der Waals surface area contributed by atoms with E-state index in [0.29, 0.717) is 5.56 Å². The summed E-state index contributed by atoms with van der Waals surface area (Å²) in [7, 11) is 3.81. The van der Waals surface area contributed by atoms with Gasteiger partial charge < -0.3 is 16.0 Å². The maximum Gasteiger partial charge on any atom is 0.248 e. The van der Waals surface area contributed by atoms with Crippen LogP contribution in [0.2, 0.25) is 0 Å². The lowest BCUT2D eigenvalue weighted by atomic mass is 10.2. The van der Waals surface area contributed by atoms with Crippen LogP contribution in [0, 0.1) is 0 Å². The summed E-state index contributed by atoms with van der Waals surface area (Å²) in [4.78, 5) is 17.1. The Morgan fingerprint density at radius 2 is 2.40 bits per heavy atom. The van der Waals surface area contributed by atoms with Crippen LogP contribution in [0.1, 0.15) is 10.4 Å². The lowest BCUT2D eigenvalue weighted by Gasteiger charge is -2.17. The number of primary amides is 1. The molecule has 0 radical (unpaired) electrons. The van der Waals surface area contributed by atoms with E-state index in [0.717, 1.165) is 18.9 Å². The monoisotopic (exact) mass is 208 g/mol. The van der Waals surface area contributed by atoms with Crippen LogP contribution in [0.25, 0.3) is 0 Å². The van der Waals surface area contributed by atoms with Crippen LogP contribution in [-0.4, -0.2) is 38.1 Å². The van der Waals surface area contributed by atoms with Gasteiger partial charge in [0.15, 0.2) is 0 Å². The first-order valence-electron chi connectivity index (χ1n) is 4.76. The zero-order valence-corrected chi connectivity index (χ0v) is 9.03. The molecule has 0 saturated heterocycles. The Bertz CT molecular complexity index is 340. The van der Waals surface area contributed by atoms with Crippen LogP contribution in [-0.2, 0) is 0 Å². The van der Waals surface area contributed by atoms with Crippen LogP contribution in [0.5, 0.6) is 0 Å². The average Bonchev–Trinajstić information content (AvgIpc) is 2.26. The summed E-state index contributed by atoms with van der Waals surface area (Å²) < 4.78 is 0. The Morgan fingerprint density at radius 3 is 3.00 bits per heavy atom. The third-order valence-corrected chi connectivity index (χ3v) is 2.12. The highest BCUT2D eigenvalue weighted by molar-refractivity contribution is 5.93. The summed E-state index contributed by atoms with van der Waals surface area (Å²) in [5, 5.41) is 3.04. The molecule has 0 aliphatic carbocycles. The van der Waals surface area contributed by atoms with E-state index in [2.05, 4.69) is 10.3 Å². The molecule has 1 aromatic rings. The maximum atomic E-state index is 11.0. The molecule has 15 heavy (non-hydrogen) atoms. The minimum absolute atomic E-state index is 0.430. The fourth-order valence-corrected chi connectivity index (χ4v) is 1.17. The second-order valence-electron chi connectivity index (χ2n) is 3.29. The van der Waals surface area contributed by atoms with Gasteiger partial charge in [0.1, 0.15) is 5.82 Å². The van der Waals surface area contributed by atoms with E-state index in [-0.39, 0.29) is 0 Å². The number of anilines is 1. The number of amides is 1. The van der Waals surface area contributed by atoms with E-state index < -0.39 is 5.91 Å². The SMILES string of the molecule is CNCCN(C)c1cc(C(N)=O)ccn1. The molecular formula is C10H16N4O. The first kappa shape index (κ1) is 11.5. The highest BCUT2D eigenvalue weighted by Gasteiger charge is 2.05. The van der Waals surface area contributed by atoms with Crippen molar-refractivity contribution in [2.24, 2.45) is 5.73 Å². The molecule has 0 aromatic carbocycles. The van der Waals surface area contributed by atoms with Crippen molar-refractivity contribution in [3.8, 4) is 0 Å². The fraction of sp³-hybridized carbons (Fsp3) is 0.400. The Balaban J connectivity index is 2.76. The molecule has 0 fully saturated rings. The van der Waals surface area contributed by atoms with Gasteiger partial charge in [0.05, 0.1) is 0 Å². The lowest BCUT2D eigenvalue weighted by molar-refractivity contribution is 0.1000. The Morgan fingerprint density at radius 1 is 1.67 bits per heavy atom. The Kier molecular flexibility index (Phi) is 4.05. The number of nitrogens with one attached hydrogen (secondary N) is 1. The van der Waals surface area contributed by atoms with Gasteiger partial charge >= 0.3 is 0 Å². The molecule has 0 saturated carbocycles. The standard InChI is InChI=1S/C10H16N4O/c1-12-5-6-14(2)9-7-8(10(11)15)3-4-13-9/h3-4,7,12H,5-6H2,1-2H3,(H2,11,15). The van der Waals surface area contributed by atoms with E-state index in [1.807, 2.05) is 19.0 Å². The van der Waals surface area contributed by atoms with Crippen LogP contribution in [0.4, 0.5) is 5.82 Å². The van der Waals surface area contributed by atoms with Crippen molar-refractivity contribution >= 4 is 11.7 Å². The molecule has 5 nitrogen and oxygen atoms in total. The third kappa shape index (κ3) is 3.21. The van der Waals surface area contributed by atoms with Gasteiger partial charge in [-0.15, -0.1) is 0 Å². The van der Waals surface area contributed by atoms with Gasteiger partial charge in [-0.05, 0) is 19.2 Å². The summed E-state index contributed by atoms with van der Waals surface area (Å²) in [6, 6.07) is 3.30. The van der Waals surface area contributed by atoms with Crippen molar-refractivity contribution in [1.82, 2.24) is 10.3 Å². The molecular weight excluding hydrogens is 192 g/mol. The van der Waals surface area contributed by atoms with Crippen LogP contribution in [0.3, 0.4) is 0 Å². The largest absolute Gasteiger partial charge is 0.366 e. The Hall–Kier alpha value is -1.62. The van der Waals surface area contributed by atoms with Crippen LogP contribution < -0.4 is 16.0 Å². The van der Waals surface area contributed by atoms with Crippen molar-refractivity contribution in [2.75, 3.05) is 32.1 Å². The van der Waals surface area contributed by atoms with Crippen molar-refractivity contribution in [3.05, 3.63) is 23.9 Å². The molecule has 82 valence electrons. The van der Waals surface area contributed by atoms with E-state index in [1.165, 1.54) is 0 Å². The molecule has 1 aromatic heterocycles. The van der Waals surface area contributed by atoms with Crippen molar-refractivity contribution in [2.45, 2.75) is 0 Å². The predicted octanol–water partition coefficient (Wildman–Crippen LogP) is -0.164. The molecule has 0 unspecified atom stereocenters. The number of nitrogens with two attached hydrogens (primary N) is 1. The van der Waals surface area contributed by atoms with Gasteiger partial charge in [-0.1, -0.05) is 0 Å². The smallest absolute Gasteiger partial charge is 0.248 e. The number of hydrogen-bond acceptors (Lipinski definition) is 4. The summed E-state index contributed by atoms with van der Waals surface area (Å²) in [6.07, 6.45) is 1.59. The number of pyridine rings is 1. The molecule has 1 heterocycles. The molecule has 5 heteroatoms. The molecule has 0 aliphatic rings. The zero-order chi connectivity index (χ0) is 11.3. The third-order valence-electron chi connectivity index (χ3n) is 2.12. The number of aromatic nitrogens is 1. The Labute approximate surface area is 89.3 Å². The number of rotatable bonds is 5. The summed E-state index contributed by atoms with van der Waals surface area (Å²) >= 11 is 0. The van der Waals surface area contributed by atoms with Crippen molar-refractivity contribution in [3.63, 3.8) is 0 Å². The lowest BCUT2D eigenvalue weighted by Crippen LogP contribution is -2.28. The fourth-order valence-electron chi connectivity index (χ4n) is 1.17. The number of carbonyl (C=O) groups is 1. The molecule has 0 aliphatic heterocycles. The molecule has 0 atom stereocenters.